The van der Waals surface area contributed by atoms with Gasteiger partial charge in [-0.25, -0.2) is 0 Å². The predicted octanol–water partition coefficient (Wildman–Crippen LogP) is 3.47. The number of hydrogen-bond acceptors (Lipinski definition) is 1. The summed E-state index contributed by atoms with van der Waals surface area (Å²) in [4.78, 5) is 0. The first-order valence-electron chi connectivity index (χ1n) is 4.73. The van der Waals surface area contributed by atoms with E-state index in [-0.39, 0.29) is 0 Å². The summed E-state index contributed by atoms with van der Waals surface area (Å²) in [6, 6.07) is 8.23. The Hall–Kier alpha value is -0.250. The van der Waals surface area contributed by atoms with Crippen LogP contribution in [0.5, 0.6) is 5.75 Å². The monoisotopic (exact) mass is 288 g/mol. The van der Waals surface area contributed by atoms with Crippen molar-refractivity contribution in [2.75, 3.05) is 6.61 Å². The SMILES string of the molecule is Ic1cccc(OCC2CCC2)c1. The van der Waals surface area contributed by atoms with Crippen LogP contribution in [-0.2, 0) is 0 Å². The Bertz CT molecular complexity index is 281. The molecule has 1 fully saturated rings. The lowest BCUT2D eigenvalue weighted by Gasteiger charge is -2.25. The van der Waals surface area contributed by atoms with E-state index < -0.39 is 0 Å². The average Bonchev–Trinajstić information content (AvgIpc) is 2.01. The van der Waals surface area contributed by atoms with E-state index in [2.05, 4.69) is 34.7 Å². The van der Waals surface area contributed by atoms with E-state index in [4.69, 9.17) is 4.74 Å². The van der Waals surface area contributed by atoms with Gasteiger partial charge in [0.15, 0.2) is 0 Å². The summed E-state index contributed by atoms with van der Waals surface area (Å²) in [7, 11) is 0. The zero-order valence-corrected chi connectivity index (χ0v) is 9.66. The Labute approximate surface area is 92.6 Å². The number of halogens is 1. The number of hydrogen-bond donors (Lipinski definition) is 0. The molecule has 1 nitrogen and oxygen atoms in total. The van der Waals surface area contributed by atoms with E-state index in [1.54, 1.807) is 0 Å². The first-order valence-corrected chi connectivity index (χ1v) is 5.81. The van der Waals surface area contributed by atoms with Crippen molar-refractivity contribution < 1.29 is 4.74 Å². The number of benzene rings is 1. The van der Waals surface area contributed by atoms with Crippen LogP contribution in [0.25, 0.3) is 0 Å². The van der Waals surface area contributed by atoms with Crippen molar-refractivity contribution in [3.63, 3.8) is 0 Å². The molecule has 1 aromatic carbocycles. The third-order valence-electron chi connectivity index (χ3n) is 2.51. The molecule has 0 unspecified atom stereocenters. The molecule has 0 aromatic heterocycles. The number of ether oxygens (including phenoxy) is 1. The highest BCUT2D eigenvalue weighted by Crippen LogP contribution is 2.27. The topological polar surface area (TPSA) is 9.23 Å². The summed E-state index contributed by atoms with van der Waals surface area (Å²) in [5.41, 5.74) is 0. The van der Waals surface area contributed by atoms with E-state index in [0.29, 0.717) is 0 Å². The van der Waals surface area contributed by atoms with Gasteiger partial charge in [0.25, 0.3) is 0 Å². The van der Waals surface area contributed by atoms with Crippen LogP contribution >= 0.6 is 22.6 Å². The van der Waals surface area contributed by atoms with E-state index in [9.17, 15) is 0 Å². The van der Waals surface area contributed by atoms with E-state index in [1.165, 1.54) is 22.8 Å². The van der Waals surface area contributed by atoms with E-state index in [0.717, 1.165) is 18.3 Å². The third kappa shape index (κ3) is 2.59. The highest BCUT2D eigenvalue weighted by molar-refractivity contribution is 14.1. The summed E-state index contributed by atoms with van der Waals surface area (Å²) in [6.07, 6.45) is 4.09. The fourth-order valence-corrected chi connectivity index (χ4v) is 1.94. The molecule has 0 atom stereocenters. The zero-order chi connectivity index (χ0) is 9.10. The van der Waals surface area contributed by atoms with Gasteiger partial charge in [0, 0.05) is 3.57 Å². The first kappa shape index (κ1) is 9.31. The molecule has 1 saturated carbocycles. The molecule has 0 saturated heterocycles. The Morgan fingerprint density at radius 1 is 1.38 bits per heavy atom. The predicted molar refractivity (Wildman–Crippen MR) is 62.0 cm³/mol. The molecule has 0 radical (unpaired) electrons. The maximum absolute atomic E-state index is 5.69. The van der Waals surface area contributed by atoms with Gasteiger partial charge in [-0.2, -0.15) is 0 Å². The molecular formula is C11H13IO. The van der Waals surface area contributed by atoms with Crippen LogP contribution in [0, 0.1) is 9.49 Å². The molecule has 0 spiro atoms. The summed E-state index contributed by atoms with van der Waals surface area (Å²) >= 11 is 2.31. The standard InChI is InChI=1S/C11H13IO/c12-10-5-2-6-11(7-10)13-8-9-3-1-4-9/h2,5-7,9H,1,3-4,8H2. The fraction of sp³-hybridized carbons (Fsp3) is 0.455. The second-order valence-corrected chi connectivity index (χ2v) is 4.81. The molecule has 0 bridgehead atoms. The van der Waals surface area contributed by atoms with Gasteiger partial charge in [-0.3, -0.25) is 0 Å². The molecule has 0 N–H and O–H groups in total. The normalized spacial score (nSPS) is 16.7. The molecule has 0 heterocycles. The van der Waals surface area contributed by atoms with Crippen molar-refractivity contribution in [3.8, 4) is 5.75 Å². The van der Waals surface area contributed by atoms with Gasteiger partial charge in [-0.1, -0.05) is 12.5 Å². The van der Waals surface area contributed by atoms with E-state index in [1.807, 2.05) is 12.1 Å². The summed E-state index contributed by atoms with van der Waals surface area (Å²) in [5, 5.41) is 0. The van der Waals surface area contributed by atoms with Gasteiger partial charge in [0.1, 0.15) is 5.75 Å². The van der Waals surface area contributed by atoms with Gasteiger partial charge in [-0.05, 0) is 59.5 Å². The van der Waals surface area contributed by atoms with Crippen LogP contribution in [0.2, 0.25) is 0 Å². The smallest absolute Gasteiger partial charge is 0.120 e. The summed E-state index contributed by atoms with van der Waals surface area (Å²) < 4.78 is 6.93. The van der Waals surface area contributed by atoms with Crippen molar-refractivity contribution in [3.05, 3.63) is 27.8 Å². The van der Waals surface area contributed by atoms with Crippen LogP contribution in [0.15, 0.2) is 24.3 Å². The minimum Gasteiger partial charge on any atom is -0.493 e. The Balaban J connectivity index is 1.86. The summed E-state index contributed by atoms with van der Waals surface area (Å²) in [5.74, 6) is 1.83. The van der Waals surface area contributed by atoms with Crippen molar-refractivity contribution in [1.82, 2.24) is 0 Å². The molecule has 1 aliphatic rings. The number of rotatable bonds is 3. The lowest BCUT2D eigenvalue weighted by Crippen LogP contribution is -2.19. The van der Waals surface area contributed by atoms with Crippen molar-refractivity contribution in [2.45, 2.75) is 19.3 Å². The van der Waals surface area contributed by atoms with Gasteiger partial charge >= 0.3 is 0 Å². The van der Waals surface area contributed by atoms with Crippen LogP contribution in [0.4, 0.5) is 0 Å². The quantitative estimate of drug-likeness (QED) is 0.774. The first-order chi connectivity index (χ1) is 6.34. The Morgan fingerprint density at radius 2 is 2.23 bits per heavy atom. The van der Waals surface area contributed by atoms with Crippen molar-refractivity contribution in [2.24, 2.45) is 5.92 Å². The highest BCUT2D eigenvalue weighted by atomic mass is 127. The van der Waals surface area contributed by atoms with Gasteiger partial charge in [0.2, 0.25) is 0 Å². The lowest BCUT2D eigenvalue weighted by atomic mass is 9.86. The largest absolute Gasteiger partial charge is 0.493 e. The van der Waals surface area contributed by atoms with Crippen LogP contribution in [0.1, 0.15) is 19.3 Å². The minimum atomic E-state index is 0.817. The molecular weight excluding hydrogens is 275 g/mol. The van der Waals surface area contributed by atoms with Crippen LogP contribution < -0.4 is 4.74 Å². The average molecular weight is 288 g/mol. The molecule has 70 valence electrons. The van der Waals surface area contributed by atoms with Gasteiger partial charge < -0.3 is 4.74 Å². The lowest BCUT2D eigenvalue weighted by molar-refractivity contribution is 0.180. The second-order valence-electron chi connectivity index (χ2n) is 3.57. The molecule has 1 aromatic rings. The van der Waals surface area contributed by atoms with Gasteiger partial charge in [0.05, 0.1) is 6.61 Å². The molecule has 2 rings (SSSR count). The third-order valence-corrected chi connectivity index (χ3v) is 3.18. The molecule has 13 heavy (non-hydrogen) atoms. The van der Waals surface area contributed by atoms with Crippen LogP contribution in [0.3, 0.4) is 0 Å². The molecule has 0 aliphatic heterocycles. The zero-order valence-electron chi connectivity index (χ0n) is 7.50. The van der Waals surface area contributed by atoms with E-state index >= 15 is 0 Å². The Kier molecular flexibility index (Phi) is 3.09. The van der Waals surface area contributed by atoms with Crippen molar-refractivity contribution >= 4 is 22.6 Å². The Morgan fingerprint density at radius 3 is 2.85 bits per heavy atom. The molecule has 0 amide bonds. The maximum atomic E-state index is 5.69. The highest BCUT2D eigenvalue weighted by Gasteiger charge is 2.17. The van der Waals surface area contributed by atoms with Crippen LogP contribution in [-0.4, -0.2) is 6.61 Å². The molecule has 1 aliphatic carbocycles. The van der Waals surface area contributed by atoms with Gasteiger partial charge in [-0.15, -0.1) is 0 Å². The second kappa shape index (κ2) is 4.31. The fourth-order valence-electron chi connectivity index (χ4n) is 1.43. The molecule has 2 heteroatoms. The van der Waals surface area contributed by atoms with Crippen molar-refractivity contribution in [1.29, 1.82) is 0 Å². The maximum Gasteiger partial charge on any atom is 0.120 e. The minimum absolute atomic E-state index is 0.817. The summed E-state index contributed by atoms with van der Waals surface area (Å²) in [6.45, 7) is 0.903.